The quantitative estimate of drug-likeness (QED) is 0.192. The number of carbonyl (C=O) groups excluding carboxylic acids is 2. The summed E-state index contributed by atoms with van der Waals surface area (Å²) in [4.78, 5) is 32.8. The van der Waals surface area contributed by atoms with Gasteiger partial charge in [-0.1, -0.05) is 52.0 Å². The number of nitrogens with one attached hydrogen (secondary N) is 2. The van der Waals surface area contributed by atoms with Crippen molar-refractivity contribution >= 4 is 34.2 Å². The molecule has 2 heterocycles. The molecule has 0 bridgehead atoms. The van der Waals surface area contributed by atoms with Gasteiger partial charge in [0.2, 0.25) is 5.91 Å². The maximum atomic E-state index is 14.3. The molecule has 2 atom stereocenters. The molecule has 0 aliphatic heterocycles. The molecule has 0 spiro atoms. The van der Waals surface area contributed by atoms with E-state index in [2.05, 4.69) is 40.5 Å². The van der Waals surface area contributed by atoms with Gasteiger partial charge in [-0.3, -0.25) is 9.59 Å². The summed E-state index contributed by atoms with van der Waals surface area (Å²) in [5.41, 5.74) is 2.63. The maximum Gasteiger partial charge on any atom is 0.252 e. The summed E-state index contributed by atoms with van der Waals surface area (Å²) in [7, 11) is 0. The van der Waals surface area contributed by atoms with Gasteiger partial charge in [0.25, 0.3) is 5.91 Å². The zero-order valence-corrected chi connectivity index (χ0v) is 24.7. The van der Waals surface area contributed by atoms with Crippen molar-refractivity contribution in [2.75, 3.05) is 0 Å². The van der Waals surface area contributed by atoms with Gasteiger partial charge in [0, 0.05) is 28.5 Å². The Balaban J connectivity index is 1.58. The molecule has 212 valence electrons. The van der Waals surface area contributed by atoms with Crippen molar-refractivity contribution in [1.82, 2.24) is 20.2 Å². The number of carbonyl (C=O) groups is 2. The number of rotatable bonds is 12. The molecule has 0 unspecified atom stereocenters. The van der Waals surface area contributed by atoms with Gasteiger partial charge in [0.1, 0.15) is 17.7 Å². The molecule has 40 heavy (non-hydrogen) atoms. The van der Waals surface area contributed by atoms with Crippen LogP contribution < -0.4 is 10.6 Å². The molecule has 2 aromatic heterocycles. The first-order valence-corrected chi connectivity index (χ1v) is 15.0. The number of hydrogen-bond acceptors (Lipinski definition) is 4. The summed E-state index contributed by atoms with van der Waals surface area (Å²) in [5, 5.41) is 7.88. The first kappa shape index (κ1) is 29.5. The van der Waals surface area contributed by atoms with Crippen LogP contribution in [0, 0.1) is 11.7 Å². The van der Waals surface area contributed by atoms with Crippen LogP contribution in [0.1, 0.15) is 92.6 Å². The lowest BCUT2D eigenvalue weighted by Gasteiger charge is -2.23. The molecular formula is C32H39FN4O2S. The number of thiophene rings is 1. The Hall–Kier alpha value is -3.52. The van der Waals surface area contributed by atoms with E-state index in [0.29, 0.717) is 23.6 Å². The van der Waals surface area contributed by atoms with Gasteiger partial charge < -0.3 is 15.2 Å². The zero-order valence-electron chi connectivity index (χ0n) is 23.9. The lowest BCUT2D eigenvalue weighted by atomic mass is 10.0. The Morgan fingerprint density at radius 1 is 1.00 bits per heavy atom. The van der Waals surface area contributed by atoms with Gasteiger partial charge >= 0.3 is 0 Å². The number of nitrogens with zero attached hydrogens (tertiary/aromatic N) is 2. The molecule has 4 aromatic rings. The SMILES string of the molecule is CCC(CC)n1c(Cc2cccs2)nc2cc(C(=O)N[C@@H](CC(C)C)C(=O)N[C@@H](C)c3ccccc3F)ccc21. The first-order chi connectivity index (χ1) is 19.2. The zero-order chi connectivity index (χ0) is 28.8. The van der Waals surface area contributed by atoms with E-state index in [1.807, 2.05) is 32.0 Å². The van der Waals surface area contributed by atoms with E-state index < -0.39 is 12.1 Å². The van der Waals surface area contributed by atoms with Crippen molar-refractivity contribution in [3.05, 3.63) is 87.6 Å². The first-order valence-electron chi connectivity index (χ1n) is 14.1. The molecule has 0 aliphatic carbocycles. The minimum atomic E-state index is -0.756. The lowest BCUT2D eigenvalue weighted by molar-refractivity contribution is -0.124. The Labute approximate surface area is 240 Å². The largest absolute Gasteiger partial charge is 0.348 e. The van der Waals surface area contributed by atoms with Crippen molar-refractivity contribution in [3.8, 4) is 0 Å². The fraction of sp³-hybridized carbons (Fsp3) is 0.406. The molecule has 0 aliphatic rings. The number of hydrogen-bond donors (Lipinski definition) is 2. The van der Waals surface area contributed by atoms with Crippen molar-refractivity contribution in [2.24, 2.45) is 5.92 Å². The highest BCUT2D eigenvalue weighted by Gasteiger charge is 2.26. The van der Waals surface area contributed by atoms with Crippen LogP contribution in [-0.4, -0.2) is 27.4 Å². The molecular weight excluding hydrogens is 523 g/mol. The minimum Gasteiger partial charge on any atom is -0.348 e. The highest BCUT2D eigenvalue weighted by molar-refractivity contribution is 7.09. The smallest absolute Gasteiger partial charge is 0.252 e. The number of aromatic nitrogens is 2. The van der Waals surface area contributed by atoms with Crippen LogP contribution in [0.25, 0.3) is 11.0 Å². The average molecular weight is 563 g/mol. The monoisotopic (exact) mass is 562 g/mol. The number of fused-ring (bicyclic) bond motifs is 1. The fourth-order valence-electron chi connectivity index (χ4n) is 5.21. The third-order valence-electron chi connectivity index (χ3n) is 7.30. The number of benzene rings is 2. The van der Waals surface area contributed by atoms with E-state index >= 15 is 0 Å². The van der Waals surface area contributed by atoms with E-state index in [4.69, 9.17) is 4.98 Å². The summed E-state index contributed by atoms with van der Waals surface area (Å²) in [6.45, 7) is 10.1. The normalized spacial score (nSPS) is 13.1. The number of halogens is 1. The third-order valence-corrected chi connectivity index (χ3v) is 8.18. The molecule has 8 heteroatoms. The Morgan fingerprint density at radius 2 is 1.75 bits per heavy atom. The van der Waals surface area contributed by atoms with Crippen molar-refractivity contribution in [1.29, 1.82) is 0 Å². The summed E-state index contributed by atoms with van der Waals surface area (Å²) < 4.78 is 16.6. The molecule has 2 aromatic carbocycles. The molecule has 0 fully saturated rings. The molecule has 0 radical (unpaired) electrons. The second kappa shape index (κ2) is 13.2. The van der Waals surface area contributed by atoms with Gasteiger partial charge in [-0.05, 0) is 67.8 Å². The summed E-state index contributed by atoms with van der Waals surface area (Å²) in [5.74, 6) is 0.105. The van der Waals surface area contributed by atoms with Crippen LogP contribution in [0.15, 0.2) is 60.0 Å². The van der Waals surface area contributed by atoms with Crippen molar-refractivity contribution in [2.45, 2.75) is 78.4 Å². The van der Waals surface area contributed by atoms with Crippen LogP contribution in [0.4, 0.5) is 4.39 Å². The predicted molar refractivity (Wildman–Crippen MR) is 160 cm³/mol. The standard InChI is InChI=1S/C32H39FN4O2S/c1-6-23(7-2)37-29-15-14-22(18-27(29)35-30(37)19-24-11-10-16-40-24)31(38)36-28(17-20(3)4)32(39)34-21(5)25-12-8-9-13-26(25)33/h8-16,18,20-21,23,28H,6-7,17,19H2,1-5H3,(H,34,39)(H,36,38)/t21-,28-/m0/s1. The van der Waals surface area contributed by atoms with E-state index in [9.17, 15) is 14.0 Å². The van der Waals surface area contributed by atoms with Crippen LogP contribution >= 0.6 is 11.3 Å². The van der Waals surface area contributed by atoms with Crippen LogP contribution in [0.5, 0.6) is 0 Å². The van der Waals surface area contributed by atoms with Gasteiger partial charge in [0.05, 0.1) is 17.1 Å². The predicted octanol–water partition coefficient (Wildman–Crippen LogP) is 7.21. The molecule has 0 saturated heterocycles. The Morgan fingerprint density at radius 3 is 2.40 bits per heavy atom. The fourth-order valence-corrected chi connectivity index (χ4v) is 5.91. The minimum absolute atomic E-state index is 0.165. The van der Waals surface area contributed by atoms with Crippen molar-refractivity contribution < 1.29 is 14.0 Å². The second-order valence-corrected chi connectivity index (χ2v) is 11.8. The van der Waals surface area contributed by atoms with Crippen LogP contribution in [-0.2, 0) is 11.2 Å². The lowest BCUT2D eigenvalue weighted by Crippen LogP contribution is -2.48. The molecule has 4 rings (SSSR count). The van der Waals surface area contributed by atoms with Crippen molar-refractivity contribution in [3.63, 3.8) is 0 Å². The van der Waals surface area contributed by atoms with E-state index in [0.717, 1.165) is 36.1 Å². The number of imidazole rings is 1. The van der Waals surface area contributed by atoms with Gasteiger partial charge in [-0.2, -0.15) is 0 Å². The van der Waals surface area contributed by atoms with Gasteiger partial charge in [-0.25, -0.2) is 9.37 Å². The second-order valence-electron chi connectivity index (χ2n) is 10.7. The summed E-state index contributed by atoms with van der Waals surface area (Å²) in [6.07, 6.45) is 3.16. The van der Waals surface area contributed by atoms with E-state index in [1.54, 1.807) is 42.5 Å². The van der Waals surface area contributed by atoms with Crippen LogP contribution in [0.2, 0.25) is 0 Å². The summed E-state index contributed by atoms with van der Waals surface area (Å²) >= 11 is 1.71. The Kier molecular flexibility index (Phi) is 9.74. The van der Waals surface area contributed by atoms with E-state index in [1.165, 1.54) is 10.9 Å². The maximum absolute atomic E-state index is 14.3. The van der Waals surface area contributed by atoms with Crippen LogP contribution in [0.3, 0.4) is 0 Å². The van der Waals surface area contributed by atoms with Gasteiger partial charge in [-0.15, -0.1) is 11.3 Å². The number of amides is 2. The van der Waals surface area contributed by atoms with Gasteiger partial charge in [0.15, 0.2) is 0 Å². The summed E-state index contributed by atoms with van der Waals surface area (Å²) in [6, 6.07) is 15.2. The molecule has 2 N–H and O–H groups in total. The molecule has 6 nitrogen and oxygen atoms in total. The highest BCUT2D eigenvalue weighted by Crippen LogP contribution is 2.28. The Bertz CT molecular complexity index is 1440. The third kappa shape index (κ3) is 6.78. The molecule has 2 amide bonds. The molecule has 0 saturated carbocycles. The average Bonchev–Trinajstić information content (AvgIpc) is 3.56. The highest BCUT2D eigenvalue weighted by atomic mass is 32.1. The topological polar surface area (TPSA) is 76.0 Å². The van der Waals surface area contributed by atoms with E-state index in [-0.39, 0.29) is 23.5 Å².